The first-order chi connectivity index (χ1) is 7.47. The van der Waals surface area contributed by atoms with Crippen molar-refractivity contribution in [2.75, 3.05) is 7.11 Å². The fourth-order valence-corrected chi connectivity index (χ4v) is 2.13. The van der Waals surface area contributed by atoms with Crippen LogP contribution in [0.15, 0.2) is 6.07 Å². The van der Waals surface area contributed by atoms with E-state index >= 15 is 0 Å². The average Bonchev–Trinajstić information content (AvgIpc) is 2.20. The van der Waals surface area contributed by atoms with E-state index in [-0.39, 0.29) is 0 Å². The van der Waals surface area contributed by atoms with Gasteiger partial charge in [-0.05, 0) is 43.0 Å². The molecule has 0 aliphatic rings. The van der Waals surface area contributed by atoms with Crippen molar-refractivity contribution in [2.24, 2.45) is 5.73 Å². The Morgan fingerprint density at radius 2 is 2.12 bits per heavy atom. The number of hydrogen-bond donors (Lipinski definition) is 1. The van der Waals surface area contributed by atoms with E-state index < -0.39 is 0 Å². The molecule has 2 N–H and O–H groups in total. The number of rotatable bonds is 4. The van der Waals surface area contributed by atoms with Crippen LogP contribution in [0.1, 0.15) is 23.1 Å². The van der Waals surface area contributed by atoms with Crippen LogP contribution in [0.25, 0.3) is 0 Å². The summed E-state index contributed by atoms with van der Waals surface area (Å²) >= 11 is 11.0. The summed E-state index contributed by atoms with van der Waals surface area (Å²) in [6, 6.07) is 1.92. The van der Waals surface area contributed by atoms with Crippen molar-refractivity contribution >= 4 is 28.8 Å². The molecule has 4 heteroatoms. The largest absolute Gasteiger partial charge is 0.496 e. The zero-order valence-corrected chi connectivity index (χ0v) is 11.3. The highest BCUT2D eigenvalue weighted by Crippen LogP contribution is 2.32. The molecule has 0 aliphatic carbocycles. The van der Waals surface area contributed by atoms with Crippen LogP contribution in [0.5, 0.6) is 5.75 Å². The van der Waals surface area contributed by atoms with Gasteiger partial charge in [0.1, 0.15) is 5.75 Å². The molecule has 0 saturated carbocycles. The molecule has 2 nitrogen and oxygen atoms in total. The molecule has 0 fully saturated rings. The van der Waals surface area contributed by atoms with Crippen LogP contribution < -0.4 is 10.5 Å². The molecule has 88 valence electrons. The summed E-state index contributed by atoms with van der Waals surface area (Å²) in [6.07, 6.45) is 1.44. The fraction of sp³-hybridized carbons (Fsp3) is 0.417. The van der Waals surface area contributed by atoms with Gasteiger partial charge in [-0.3, -0.25) is 0 Å². The van der Waals surface area contributed by atoms with Crippen molar-refractivity contribution in [3.63, 3.8) is 0 Å². The number of nitrogens with two attached hydrogens (primary N) is 1. The molecule has 0 unspecified atom stereocenters. The molecule has 1 rings (SSSR count). The minimum Gasteiger partial charge on any atom is -0.496 e. The van der Waals surface area contributed by atoms with Gasteiger partial charge in [0.25, 0.3) is 0 Å². The lowest BCUT2D eigenvalue weighted by Gasteiger charge is -2.15. The normalized spacial score (nSPS) is 10.2. The second-order valence-electron chi connectivity index (χ2n) is 3.78. The van der Waals surface area contributed by atoms with Gasteiger partial charge in [-0.25, -0.2) is 0 Å². The molecule has 0 heterocycles. The Morgan fingerprint density at radius 1 is 1.50 bits per heavy atom. The second kappa shape index (κ2) is 5.51. The van der Waals surface area contributed by atoms with E-state index in [2.05, 4.69) is 0 Å². The van der Waals surface area contributed by atoms with Gasteiger partial charge in [0.15, 0.2) is 0 Å². The summed E-state index contributed by atoms with van der Waals surface area (Å²) in [4.78, 5) is 0.513. The smallest absolute Gasteiger partial charge is 0.125 e. The van der Waals surface area contributed by atoms with E-state index in [0.717, 1.165) is 33.9 Å². The SMILES string of the molecule is COc1c(C)cc(Cl)c(C)c1CCC(N)=S. The Balaban J connectivity index is 3.17. The van der Waals surface area contributed by atoms with Crippen LogP contribution in [0.4, 0.5) is 0 Å². The molecule has 0 aromatic heterocycles. The number of methoxy groups -OCH3 is 1. The Hall–Kier alpha value is -0.800. The lowest BCUT2D eigenvalue weighted by molar-refractivity contribution is 0.406. The molecule has 0 amide bonds. The lowest BCUT2D eigenvalue weighted by Crippen LogP contribution is -2.10. The minimum atomic E-state index is 0.513. The standard InChI is InChI=1S/C12H16ClNOS/c1-7-6-10(13)8(2)9(12(7)15-3)4-5-11(14)16/h6H,4-5H2,1-3H3,(H2,14,16). The predicted molar refractivity (Wildman–Crippen MR) is 72.6 cm³/mol. The van der Waals surface area contributed by atoms with Crippen LogP contribution >= 0.6 is 23.8 Å². The Kier molecular flexibility index (Phi) is 4.56. The van der Waals surface area contributed by atoms with E-state index in [0.29, 0.717) is 11.4 Å². The molecule has 0 bridgehead atoms. The number of thiocarbonyl (C=S) groups is 1. The van der Waals surface area contributed by atoms with Crippen molar-refractivity contribution in [1.82, 2.24) is 0 Å². The minimum absolute atomic E-state index is 0.513. The van der Waals surface area contributed by atoms with Crippen LogP contribution in [-0.4, -0.2) is 12.1 Å². The Bertz CT molecular complexity index is 418. The topological polar surface area (TPSA) is 35.2 Å². The molecule has 16 heavy (non-hydrogen) atoms. The number of halogens is 1. The van der Waals surface area contributed by atoms with E-state index in [9.17, 15) is 0 Å². The molecule has 0 atom stereocenters. The van der Waals surface area contributed by atoms with E-state index in [1.54, 1.807) is 7.11 Å². The highest BCUT2D eigenvalue weighted by molar-refractivity contribution is 7.80. The van der Waals surface area contributed by atoms with Crippen molar-refractivity contribution in [1.29, 1.82) is 0 Å². The monoisotopic (exact) mass is 257 g/mol. The second-order valence-corrected chi connectivity index (χ2v) is 4.71. The number of ether oxygens (including phenoxy) is 1. The molecule has 0 radical (unpaired) electrons. The van der Waals surface area contributed by atoms with Gasteiger partial charge < -0.3 is 10.5 Å². The maximum atomic E-state index is 6.14. The van der Waals surface area contributed by atoms with E-state index in [1.807, 2.05) is 19.9 Å². The average molecular weight is 258 g/mol. The molecule has 0 saturated heterocycles. The van der Waals surface area contributed by atoms with Crippen molar-refractivity contribution < 1.29 is 4.74 Å². The molecule has 1 aromatic carbocycles. The van der Waals surface area contributed by atoms with Crippen LogP contribution in [0.3, 0.4) is 0 Å². The predicted octanol–water partition coefficient (Wildman–Crippen LogP) is 3.18. The van der Waals surface area contributed by atoms with Gasteiger partial charge in [-0.15, -0.1) is 0 Å². The number of aryl methyl sites for hydroxylation is 1. The maximum absolute atomic E-state index is 6.14. The third kappa shape index (κ3) is 2.86. The molecular formula is C12H16ClNOS. The fourth-order valence-electron chi connectivity index (χ4n) is 1.75. The van der Waals surface area contributed by atoms with Gasteiger partial charge in [0.05, 0.1) is 12.1 Å². The van der Waals surface area contributed by atoms with E-state index in [1.165, 1.54) is 0 Å². The lowest BCUT2D eigenvalue weighted by atomic mass is 9.99. The highest BCUT2D eigenvalue weighted by Gasteiger charge is 2.13. The van der Waals surface area contributed by atoms with Crippen LogP contribution in [0.2, 0.25) is 5.02 Å². The first kappa shape index (κ1) is 13.3. The van der Waals surface area contributed by atoms with Crippen LogP contribution in [-0.2, 0) is 6.42 Å². The van der Waals surface area contributed by atoms with Gasteiger partial charge in [-0.1, -0.05) is 23.8 Å². The van der Waals surface area contributed by atoms with Gasteiger partial charge >= 0.3 is 0 Å². The molecular weight excluding hydrogens is 242 g/mol. The first-order valence-corrected chi connectivity index (χ1v) is 5.86. The zero-order chi connectivity index (χ0) is 12.3. The first-order valence-electron chi connectivity index (χ1n) is 5.08. The third-order valence-electron chi connectivity index (χ3n) is 2.61. The van der Waals surface area contributed by atoms with Gasteiger partial charge in [0, 0.05) is 11.4 Å². The third-order valence-corrected chi connectivity index (χ3v) is 3.21. The summed E-state index contributed by atoms with van der Waals surface area (Å²) in [7, 11) is 1.67. The zero-order valence-electron chi connectivity index (χ0n) is 9.76. The summed E-state index contributed by atoms with van der Waals surface area (Å²) < 4.78 is 5.40. The summed E-state index contributed by atoms with van der Waals surface area (Å²) in [5.74, 6) is 0.887. The highest BCUT2D eigenvalue weighted by atomic mass is 35.5. The van der Waals surface area contributed by atoms with Crippen molar-refractivity contribution in [2.45, 2.75) is 26.7 Å². The van der Waals surface area contributed by atoms with Gasteiger partial charge in [-0.2, -0.15) is 0 Å². The maximum Gasteiger partial charge on any atom is 0.125 e. The molecule has 0 aliphatic heterocycles. The van der Waals surface area contributed by atoms with Crippen molar-refractivity contribution in [3.8, 4) is 5.75 Å². The van der Waals surface area contributed by atoms with Crippen molar-refractivity contribution in [3.05, 3.63) is 27.8 Å². The van der Waals surface area contributed by atoms with Gasteiger partial charge in [0.2, 0.25) is 0 Å². The summed E-state index contributed by atoms with van der Waals surface area (Å²) in [5.41, 5.74) is 8.69. The van der Waals surface area contributed by atoms with Crippen LogP contribution in [0, 0.1) is 13.8 Å². The quantitative estimate of drug-likeness (QED) is 0.842. The Morgan fingerprint density at radius 3 is 2.62 bits per heavy atom. The molecule has 0 spiro atoms. The summed E-state index contributed by atoms with van der Waals surface area (Å²) in [5, 5.41) is 0.760. The number of hydrogen-bond acceptors (Lipinski definition) is 2. The molecule has 1 aromatic rings. The Labute approximate surface area is 107 Å². The number of benzene rings is 1. The van der Waals surface area contributed by atoms with E-state index in [4.69, 9.17) is 34.3 Å². The summed E-state index contributed by atoms with van der Waals surface area (Å²) in [6.45, 7) is 3.97.